The highest BCUT2D eigenvalue weighted by atomic mass is 16.5. The van der Waals surface area contributed by atoms with Crippen LogP contribution in [0.25, 0.3) is 5.57 Å². The highest BCUT2D eigenvalue weighted by molar-refractivity contribution is 6.06. The van der Waals surface area contributed by atoms with Gasteiger partial charge in [0.05, 0.1) is 26.4 Å². The van der Waals surface area contributed by atoms with Gasteiger partial charge in [0, 0.05) is 41.7 Å². The first kappa shape index (κ1) is 18.0. The molecule has 7 nitrogen and oxygen atoms in total. The quantitative estimate of drug-likeness (QED) is 0.512. The zero-order valence-corrected chi connectivity index (χ0v) is 13.5. The van der Waals surface area contributed by atoms with Gasteiger partial charge in [-0.05, 0) is 18.2 Å². The van der Waals surface area contributed by atoms with Crippen molar-refractivity contribution in [3.05, 3.63) is 42.2 Å². The fourth-order valence-electron chi connectivity index (χ4n) is 2.52. The summed E-state index contributed by atoms with van der Waals surface area (Å²) in [5.74, 6) is 0.819. The Kier molecular flexibility index (Phi) is 6.36. The highest BCUT2D eigenvalue weighted by Crippen LogP contribution is 2.36. The van der Waals surface area contributed by atoms with Gasteiger partial charge in [-0.2, -0.15) is 0 Å². The van der Waals surface area contributed by atoms with E-state index in [2.05, 4.69) is 11.6 Å². The molecule has 0 atom stereocenters. The minimum Gasteiger partial charge on any atom is -0.439 e. The minimum atomic E-state index is -0.0627. The number of rotatable bonds is 8. The average molecular weight is 333 g/mol. The summed E-state index contributed by atoms with van der Waals surface area (Å²) in [7, 11) is 0. The van der Waals surface area contributed by atoms with Gasteiger partial charge in [0.15, 0.2) is 0 Å². The van der Waals surface area contributed by atoms with Crippen LogP contribution in [0.4, 0.5) is 11.4 Å². The third-order valence-corrected chi connectivity index (χ3v) is 3.55. The van der Waals surface area contributed by atoms with E-state index in [1.165, 1.54) is 0 Å². The number of nitrogens with zero attached hydrogens (tertiary/aromatic N) is 2. The van der Waals surface area contributed by atoms with Crippen molar-refractivity contribution in [3.63, 3.8) is 0 Å². The molecule has 0 saturated carbocycles. The van der Waals surface area contributed by atoms with Crippen LogP contribution in [0.3, 0.4) is 0 Å². The lowest BCUT2D eigenvalue weighted by Crippen LogP contribution is -2.30. The fourth-order valence-corrected chi connectivity index (χ4v) is 2.52. The molecule has 0 radical (unpaired) electrons. The van der Waals surface area contributed by atoms with E-state index in [-0.39, 0.29) is 26.4 Å². The summed E-state index contributed by atoms with van der Waals surface area (Å²) >= 11 is 0. The molecule has 0 amide bonds. The summed E-state index contributed by atoms with van der Waals surface area (Å²) in [6.45, 7) is 4.77. The Morgan fingerprint density at radius 3 is 2.46 bits per heavy atom. The zero-order valence-electron chi connectivity index (χ0n) is 13.5. The normalized spacial score (nSPS) is 15.5. The van der Waals surface area contributed by atoms with Crippen LogP contribution in [0.15, 0.2) is 41.6 Å². The molecular weight excluding hydrogens is 310 g/mol. The van der Waals surface area contributed by atoms with Crippen molar-refractivity contribution in [1.82, 2.24) is 0 Å². The fraction of sp³-hybridized carbons (Fsp3) is 0.353. The maximum absolute atomic E-state index is 9.28. The van der Waals surface area contributed by atoms with Crippen molar-refractivity contribution in [1.29, 1.82) is 0 Å². The van der Waals surface area contributed by atoms with Gasteiger partial charge in [-0.1, -0.05) is 6.58 Å². The topological polar surface area (TPSA) is 112 Å². The molecule has 7 heteroatoms. The number of aliphatic hydroxyl groups is 3. The Balaban J connectivity index is 2.45. The molecule has 1 aliphatic rings. The van der Waals surface area contributed by atoms with Gasteiger partial charge in [0.2, 0.25) is 5.90 Å². The van der Waals surface area contributed by atoms with E-state index in [4.69, 9.17) is 15.6 Å². The lowest BCUT2D eigenvalue weighted by atomic mass is 10.0. The molecule has 2 rings (SSSR count). The summed E-state index contributed by atoms with van der Waals surface area (Å²) in [6.07, 6.45) is 1.74. The first-order valence-corrected chi connectivity index (χ1v) is 7.71. The maximum Gasteiger partial charge on any atom is 0.215 e. The monoisotopic (exact) mass is 333 g/mol. The minimum absolute atomic E-state index is 0.0382. The smallest absolute Gasteiger partial charge is 0.215 e. The van der Waals surface area contributed by atoms with Crippen LogP contribution in [-0.4, -0.2) is 60.7 Å². The summed E-state index contributed by atoms with van der Waals surface area (Å²) in [6, 6.07) is 5.40. The highest BCUT2D eigenvalue weighted by Gasteiger charge is 2.23. The molecular formula is C17H23N3O4. The summed E-state index contributed by atoms with van der Waals surface area (Å²) in [5.41, 5.74) is 8.84. The van der Waals surface area contributed by atoms with Gasteiger partial charge in [-0.3, -0.25) is 0 Å². The number of hydrogen-bond acceptors (Lipinski definition) is 7. The Labute approximate surface area is 141 Å². The Hall–Kier alpha value is -2.35. The largest absolute Gasteiger partial charge is 0.439 e. The molecule has 0 saturated heterocycles. The van der Waals surface area contributed by atoms with Crippen molar-refractivity contribution in [2.75, 3.05) is 50.1 Å². The van der Waals surface area contributed by atoms with Crippen LogP contribution in [0.1, 0.15) is 5.56 Å². The van der Waals surface area contributed by atoms with Crippen molar-refractivity contribution in [2.24, 2.45) is 4.99 Å². The van der Waals surface area contributed by atoms with Crippen molar-refractivity contribution in [3.8, 4) is 0 Å². The standard InChI is InChI=1S/C17H23N3O4/c1-12-14(11-17(24-12)19-4-7-21)15-10-13(18)2-3-16(15)20(5-8-22)6-9-23/h2-3,10-11,21-23H,1,4-9,18H2. The molecule has 0 aromatic heterocycles. The molecule has 5 N–H and O–H groups in total. The number of benzene rings is 1. The molecule has 1 aromatic rings. The van der Waals surface area contributed by atoms with Crippen molar-refractivity contribution < 1.29 is 20.1 Å². The first-order chi connectivity index (χ1) is 11.6. The van der Waals surface area contributed by atoms with Crippen LogP contribution < -0.4 is 10.6 Å². The van der Waals surface area contributed by atoms with Crippen LogP contribution in [0.2, 0.25) is 0 Å². The first-order valence-electron chi connectivity index (χ1n) is 7.71. The Bertz CT molecular complexity index is 649. The van der Waals surface area contributed by atoms with E-state index >= 15 is 0 Å². The molecule has 1 heterocycles. The van der Waals surface area contributed by atoms with Crippen LogP contribution in [-0.2, 0) is 4.74 Å². The molecule has 1 aromatic carbocycles. The number of hydrogen-bond donors (Lipinski definition) is 4. The third kappa shape index (κ3) is 4.14. The lowest BCUT2D eigenvalue weighted by molar-refractivity contribution is 0.281. The molecule has 130 valence electrons. The third-order valence-electron chi connectivity index (χ3n) is 3.55. The van der Waals surface area contributed by atoms with Crippen LogP contribution >= 0.6 is 0 Å². The SMILES string of the molecule is C=C1OC(=NCCO)C=C1c1cc(N)ccc1N(CCO)CCO. The number of nitrogen functional groups attached to an aromatic ring is 1. The van der Waals surface area contributed by atoms with Gasteiger partial charge >= 0.3 is 0 Å². The summed E-state index contributed by atoms with van der Waals surface area (Å²) in [4.78, 5) is 5.99. The Morgan fingerprint density at radius 2 is 1.83 bits per heavy atom. The predicted octanol–water partition coefficient (Wildman–Crippen LogP) is 0.378. The van der Waals surface area contributed by atoms with Gasteiger partial charge in [0.1, 0.15) is 5.76 Å². The number of nitrogens with two attached hydrogens (primary N) is 1. The van der Waals surface area contributed by atoms with Gasteiger partial charge in [-0.15, -0.1) is 0 Å². The second kappa shape index (κ2) is 8.49. The number of aliphatic hydroxyl groups excluding tert-OH is 3. The van der Waals surface area contributed by atoms with E-state index in [1.54, 1.807) is 18.2 Å². The molecule has 0 spiro atoms. The van der Waals surface area contributed by atoms with Crippen LogP contribution in [0.5, 0.6) is 0 Å². The second-order valence-electron chi connectivity index (χ2n) is 5.24. The predicted molar refractivity (Wildman–Crippen MR) is 94.8 cm³/mol. The summed E-state index contributed by atoms with van der Waals surface area (Å²) < 4.78 is 5.52. The Morgan fingerprint density at radius 1 is 1.12 bits per heavy atom. The molecule has 0 aliphatic carbocycles. The molecule has 24 heavy (non-hydrogen) atoms. The van der Waals surface area contributed by atoms with E-state index in [0.717, 1.165) is 16.8 Å². The van der Waals surface area contributed by atoms with Crippen LogP contribution in [0, 0.1) is 0 Å². The van der Waals surface area contributed by atoms with E-state index in [1.807, 2.05) is 11.0 Å². The van der Waals surface area contributed by atoms with E-state index in [9.17, 15) is 10.2 Å². The van der Waals surface area contributed by atoms with E-state index in [0.29, 0.717) is 30.4 Å². The molecule has 0 fully saturated rings. The molecule has 0 unspecified atom stereocenters. The number of allylic oxidation sites excluding steroid dienone is 1. The van der Waals surface area contributed by atoms with Crippen molar-refractivity contribution >= 4 is 22.8 Å². The summed E-state index contributed by atoms with van der Waals surface area (Å²) in [5, 5.41) is 27.4. The number of aliphatic imine (C=N–C) groups is 1. The number of ether oxygens (including phenoxy) is 1. The second-order valence-corrected chi connectivity index (χ2v) is 5.24. The molecule has 1 aliphatic heterocycles. The van der Waals surface area contributed by atoms with Gasteiger partial charge < -0.3 is 30.7 Å². The van der Waals surface area contributed by atoms with Gasteiger partial charge in [-0.25, -0.2) is 4.99 Å². The van der Waals surface area contributed by atoms with E-state index < -0.39 is 0 Å². The lowest BCUT2D eigenvalue weighted by Gasteiger charge is -2.26. The van der Waals surface area contributed by atoms with Gasteiger partial charge in [0.25, 0.3) is 0 Å². The zero-order chi connectivity index (χ0) is 17.5. The average Bonchev–Trinajstić information content (AvgIpc) is 2.93. The van der Waals surface area contributed by atoms with Crippen molar-refractivity contribution in [2.45, 2.75) is 0 Å². The number of anilines is 2. The maximum atomic E-state index is 9.28. The molecule has 0 bridgehead atoms.